The van der Waals surface area contributed by atoms with Gasteiger partial charge in [-0.15, -0.1) is 0 Å². The molecule has 0 spiro atoms. The van der Waals surface area contributed by atoms with Crippen LogP contribution in [0.3, 0.4) is 0 Å². The van der Waals surface area contributed by atoms with Crippen LogP contribution in [0.5, 0.6) is 0 Å². The molecular formula is C17H16FNO2. The van der Waals surface area contributed by atoms with Crippen molar-refractivity contribution < 1.29 is 14.3 Å². The fraction of sp³-hybridized carbons (Fsp3) is 0.235. The van der Waals surface area contributed by atoms with Crippen molar-refractivity contribution >= 4 is 11.7 Å². The Hall–Kier alpha value is -2.36. The van der Waals surface area contributed by atoms with Gasteiger partial charge in [0.1, 0.15) is 5.82 Å². The Morgan fingerprint density at radius 2 is 2.10 bits per heavy atom. The molecule has 4 heteroatoms. The first-order valence-electron chi connectivity index (χ1n) is 6.92. The normalized spacial score (nSPS) is 16.9. The van der Waals surface area contributed by atoms with Crippen LogP contribution in [-0.4, -0.2) is 17.1 Å². The predicted octanol–water partition coefficient (Wildman–Crippen LogP) is 3.48. The quantitative estimate of drug-likeness (QED) is 0.938. The molecule has 21 heavy (non-hydrogen) atoms. The van der Waals surface area contributed by atoms with Crippen LogP contribution in [0.2, 0.25) is 0 Å². The van der Waals surface area contributed by atoms with Gasteiger partial charge in [-0.1, -0.05) is 24.3 Å². The first-order chi connectivity index (χ1) is 10.1. The smallest absolute Gasteiger partial charge is 0.338 e. The number of aromatic carboxylic acids is 1. The van der Waals surface area contributed by atoms with Crippen LogP contribution >= 0.6 is 0 Å². The number of rotatable bonds is 3. The molecule has 3 rings (SSSR count). The molecule has 0 bridgehead atoms. The molecule has 2 aromatic carbocycles. The van der Waals surface area contributed by atoms with Gasteiger partial charge in [0.25, 0.3) is 0 Å². The average Bonchev–Trinajstić information content (AvgIpc) is 2.75. The topological polar surface area (TPSA) is 40.5 Å². The lowest BCUT2D eigenvalue weighted by molar-refractivity contribution is 0.0692. The van der Waals surface area contributed by atoms with Crippen LogP contribution in [0.25, 0.3) is 0 Å². The summed E-state index contributed by atoms with van der Waals surface area (Å²) in [5.41, 5.74) is 2.97. The molecule has 0 aliphatic carbocycles. The summed E-state index contributed by atoms with van der Waals surface area (Å²) >= 11 is 0. The second-order valence-corrected chi connectivity index (χ2v) is 5.43. The van der Waals surface area contributed by atoms with Crippen molar-refractivity contribution in [2.75, 3.05) is 4.90 Å². The summed E-state index contributed by atoms with van der Waals surface area (Å²) in [5, 5.41) is 8.86. The number of carbonyl (C=O) groups is 1. The van der Waals surface area contributed by atoms with Crippen molar-refractivity contribution in [3.63, 3.8) is 0 Å². The lowest BCUT2D eigenvalue weighted by Crippen LogP contribution is -2.28. The highest BCUT2D eigenvalue weighted by atomic mass is 19.1. The van der Waals surface area contributed by atoms with E-state index in [2.05, 4.69) is 24.0 Å². The summed E-state index contributed by atoms with van der Waals surface area (Å²) in [4.78, 5) is 13.1. The fourth-order valence-corrected chi connectivity index (χ4v) is 2.90. The maximum atomic E-state index is 13.8. The lowest BCUT2D eigenvalue weighted by atomic mass is 10.1. The number of benzene rings is 2. The molecule has 1 aliphatic rings. The third kappa shape index (κ3) is 2.49. The van der Waals surface area contributed by atoms with Crippen LogP contribution in [0.15, 0.2) is 42.5 Å². The highest BCUT2D eigenvalue weighted by Gasteiger charge is 2.25. The summed E-state index contributed by atoms with van der Waals surface area (Å²) in [6, 6.07) is 12.9. The molecule has 108 valence electrons. The van der Waals surface area contributed by atoms with Crippen molar-refractivity contribution in [2.24, 2.45) is 0 Å². The summed E-state index contributed by atoms with van der Waals surface area (Å²) in [6.45, 7) is 2.72. The maximum absolute atomic E-state index is 13.8. The second-order valence-electron chi connectivity index (χ2n) is 5.43. The van der Waals surface area contributed by atoms with E-state index in [1.807, 2.05) is 12.1 Å². The van der Waals surface area contributed by atoms with Gasteiger partial charge in [0, 0.05) is 18.3 Å². The van der Waals surface area contributed by atoms with Gasteiger partial charge in [0.2, 0.25) is 0 Å². The molecule has 1 unspecified atom stereocenters. The van der Waals surface area contributed by atoms with E-state index in [4.69, 9.17) is 5.11 Å². The number of hydrogen-bond donors (Lipinski definition) is 1. The zero-order chi connectivity index (χ0) is 15.0. The van der Waals surface area contributed by atoms with Crippen molar-refractivity contribution in [2.45, 2.75) is 25.9 Å². The lowest BCUT2D eigenvalue weighted by Gasteiger charge is -2.25. The average molecular weight is 285 g/mol. The molecule has 0 saturated carbocycles. The van der Waals surface area contributed by atoms with Crippen molar-refractivity contribution in [3.05, 3.63) is 65.0 Å². The van der Waals surface area contributed by atoms with E-state index >= 15 is 0 Å². The van der Waals surface area contributed by atoms with Gasteiger partial charge in [-0.05, 0) is 42.7 Å². The van der Waals surface area contributed by atoms with Gasteiger partial charge in [-0.25, -0.2) is 9.18 Å². The van der Waals surface area contributed by atoms with Crippen molar-refractivity contribution in [1.29, 1.82) is 0 Å². The number of hydrogen-bond acceptors (Lipinski definition) is 2. The Kier molecular flexibility index (Phi) is 3.37. The van der Waals surface area contributed by atoms with Gasteiger partial charge in [0.15, 0.2) is 0 Å². The minimum Gasteiger partial charge on any atom is -0.478 e. The van der Waals surface area contributed by atoms with E-state index < -0.39 is 11.8 Å². The SMILES string of the molecule is CC1Cc2ccccc2N1Cc1ccc(C(=O)O)c(F)c1. The Morgan fingerprint density at radius 1 is 1.33 bits per heavy atom. The Balaban J connectivity index is 1.87. The molecule has 1 atom stereocenters. The molecule has 3 nitrogen and oxygen atoms in total. The molecule has 2 aromatic rings. The van der Waals surface area contributed by atoms with E-state index in [0.29, 0.717) is 12.6 Å². The van der Waals surface area contributed by atoms with Gasteiger partial charge >= 0.3 is 5.97 Å². The molecule has 1 N–H and O–H groups in total. The molecule has 0 aromatic heterocycles. The molecule has 0 amide bonds. The Bertz CT molecular complexity index is 699. The first kappa shape index (κ1) is 13.6. The number of carboxylic acids is 1. The van der Waals surface area contributed by atoms with E-state index in [9.17, 15) is 9.18 Å². The van der Waals surface area contributed by atoms with E-state index in [1.54, 1.807) is 6.07 Å². The van der Waals surface area contributed by atoms with Crippen molar-refractivity contribution in [1.82, 2.24) is 0 Å². The van der Waals surface area contributed by atoms with Crippen LogP contribution < -0.4 is 4.90 Å². The number of halogens is 1. The molecule has 0 fully saturated rings. The minimum absolute atomic E-state index is 0.284. The Morgan fingerprint density at radius 3 is 2.81 bits per heavy atom. The monoisotopic (exact) mass is 285 g/mol. The van der Waals surface area contributed by atoms with Gasteiger partial charge in [0.05, 0.1) is 5.56 Å². The van der Waals surface area contributed by atoms with Crippen LogP contribution in [0.1, 0.15) is 28.4 Å². The van der Waals surface area contributed by atoms with Crippen LogP contribution in [-0.2, 0) is 13.0 Å². The zero-order valence-corrected chi connectivity index (χ0v) is 11.7. The zero-order valence-electron chi connectivity index (χ0n) is 11.7. The summed E-state index contributed by atoms with van der Waals surface area (Å²) in [7, 11) is 0. The molecule has 1 heterocycles. The van der Waals surface area contributed by atoms with E-state index in [0.717, 1.165) is 12.0 Å². The summed E-state index contributed by atoms with van der Waals surface area (Å²) in [5.74, 6) is -1.92. The van der Waals surface area contributed by atoms with Crippen LogP contribution in [0, 0.1) is 5.82 Å². The standard InChI is InChI=1S/C17H16FNO2/c1-11-8-13-4-2-3-5-16(13)19(11)10-12-6-7-14(17(20)21)15(18)9-12/h2-7,9,11H,8,10H2,1H3,(H,20,21). The maximum Gasteiger partial charge on any atom is 0.338 e. The number of anilines is 1. The third-order valence-corrected chi connectivity index (χ3v) is 3.97. The predicted molar refractivity (Wildman–Crippen MR) is 79.2 cm³/mol. The van der Waals surface area contributed by atoms with Gasteiger partial charge in [-0.2, -0.15) is 0 Å². The summed E-state index contributed by atoms with van der Waals surface area (Å²) < 4.78 is 13.8. The number of nitrogens with zero attached hydrogens (tertiary/aromatic N) is 1. The third-order valence-electron chi connectivity index (χ3n) is 3.97. The van der Waals surface area contributed by atoms with Crippen molar-refractivity contribution in [3.8, 4) is 0 Å². The minimum atomic E-state index is -1.24. The number of carboxylic acid groups (broad SMARTS) is 1. The molecular weight excluding hydrogens is 269 g/mol. The highest BCUT2D eigenvalue weighted by molar-refractivity contribution is 5.87. The first-order valence-corrected chi connectivity index (χ1v) is 6.92. The fourth-order valence-electron chi connectivity index (χ4n) is 2.90. The van der Waals surface area contributed by atoms with E-state index in [-0.39, 0.29) is 5.56 Å². The van der Waals surface area contributed by atoms with Gasteiger partial charge < -0.3 is 10.0 Å². The Labute approximate surface area is 122 Å². The molecule has 0 saturated heterocycles. The number of fused-ring (bicyclic) bond motifs is 1. The largest absolute Gasteiger partial charge is 0.478 e. The van der Waals surface area contributed by atoms with Crippen LogP contribution in [0.4, 0.5) is 10.1 Å². The molecule has 0 radical (unpaired) electrons. The second kappa shape index (κ2) is 5.20. The highest BCUT2D eigenvalue weighted by Crippen LogP contribution is 2.33. The van der Waals surface area contributed by atoms with E-state index in [1.165, 1.54) is 23.4 Å². The summed E-state index contributed by atoms with van der Waals surface area (Å²) in [6.07, 6.45) is 0.978. The molecule has 1 aliphatic heterocycles. The van der Waals surface area contributed by atoms with Gasteiger partial charge in [-0.3, -0.25) is 0 Å². The number of para-hydroxylation sites is 1.